The maximum absolute atomic E-state index is 9.32. The van der Waals surface area contributed by atoms with Crippen LogP contribution in [0.25, 0.3) is 0 Å². The summed E-state index contributed by atoms with van der Waals surface area (Å²) < 4.78 is 26.2. The molecule has 8 nitrogen and oxygen atoms in total. The number of aromatic amines is 1. The summed E-state index contributed by atoms with van der Waals surface area (Å²) in [5, 5.41) is 10.2. The third kappa shape index (κ3) is 6.06. The highest BCUT2D eigenvalue weighted by Crippen LogP contribution is 2.04. The molecule has 0 aliphatic carbocycles. The van der Waals surface area contributed by atoms with Crippen molar-refractivity contribution in [2.24, 2.45) is 5.84 Å². The Morgan fingerprint density at radius 2 is 1.94 bits per heavy atom. The van der Waals surface area contributed by atoms with Crippen LogP contribution in [0, 0.1) is 0 Å². The highest BCUT2D eigenvalue weighted by Gasteiger charge is 1.96. The van der Waals surface area contributed by atoms with E-state index in [2.05, 4.69) is 33.4 Å². The molecule has 98 valence electrons. The lowest BCUT2D eigenvalue weighted by Crippen LogP contribution is -2.29. The van der Waals surface area contributed by atoms with Crippen LogP contribution in [0.3, 0.4) is 0 Å². The summed E-state index contributed by atoms with van der Waals surface area (Å²) in [4.78, 5) is 1.13. The van der Waals surface area contributed by atoms with Crippen LogP contribution in [0.2, 0.25) is 0 Å². The summed E-state index contributed by atoms with van der Waals surface area (Å²) in [7, 11) is -4.13. The van der Waals surface area contributed by atoms with Gasteiger partial charge in [0.15, 0.2) is 0 Å². The van der Waals surface area contributed by atoms with Gasteiger partial charge < -0.3 is 0 Å². The van der Waals surface area contributed by atoms with E-state index in [9.17, 15) is 8.42 Å². The topological polar surface area (TPSA) is 134 Å². The van der Waals surface area contributed by atoms with Crippen molar-refractivity contribution in [2.45, 2.75) is 6.42 Å². The van der Waals surface area contributed by atoms with E-state index in [4.69, 9.17) is 4.55 Å². The lowest BCUT2D eigenvalue weighted by atomic mass is 10.1. The number of hydrogen-bond acceptors (Lipinski definition) is 5. The van der Waals surface area contributed by atoms with Crippen LogP contribution in [-0.2, 0) is 16.7 Å². The zero-order valence-corrected chi connectivity index (χ0v) is 10.1. The van der Waals surface area contributed by atoms with Crippen molar-refractivity contribution in [3.8, 4) is 0 Å². The number of rotatable bonds is 3. The van der Waals surface area contributed by atoms with Gasteiger partial charge in [0.1, 0.15) is 0 Å². The molecule has 1 aromatic heterocycles. The van der Waals surface area contributed by atoms with Gasteiger partial charge in [-0.1, -0.05) is 35.5 Å². The number of aromatic nitrogens is 3. The van der Waals surface area contributed by atoms with Gasteiger partial charge in [0.2, 0.25) is 0 Å². The van der Waals surface area contributed by atoms with Crippen LogP contribution < -0.4 is 10.7 Å². The zero-order valence-electron chi connectivity index (χ0n) is 9.31. The molecule has 0 spiro atoms. The van der Waals surface area contributed by atoms with Gasteiger partial charge in [0.25, 0.3) is 0 Å². The van der Waals surface area contributed by atoms with Gasteiger partial charge in [-0.2, -0.15) is 8.42 Å². The first-order valence-corrected chi connectivity index (χ1v) is 6.29. The fraction of sp³-hybridized carbons (Fsp3) is 0.111. The number of nitrogens with zero attached hydrogens (tertiary/aromatic N) is 2. The summed E-state index contributed by atoms with van der Waals surface area (Å²) in [6.07, 6.45) is 2.66. The van der Waals surface area contributed by atoms with Crippen LogP contribution in [0.15, 0.2) is 36.5 Å². The molecule has 2 rings (SSSR count). The summed E-state index contributed by atoms with van der Waals surface area (Å²) in [5.41, 5.74) is 2.23. The number of H-pyrrole nitrogens is 1. The van der Waals surface area contributed by atoms with Gasteiger partial charge in [-0.15, -0.1) is 9.93 Å². The van der Waals surface area contributed by atoms with Gasteiger partial charge in [-0.3, -0.25) is 15.5 Å². The molecule has 0 saturated heterocycles. The molecule has 18 heavy (non-hydrogen) atoms. The highest BCUT2D eigenvalue weighted by atomic mass is 32.2. The fourth-order valence-electron chi connectivity index (χ4n) is 1.12. The van der Waals surface area contributed by atoms with Crippen molar-refractivity contribution < 1.29 is 13.0 Å². The fourth-order valence-corrected chi connectivity index (χ4v) is 1.12. The van der Waals surface area contributed by atoms with Crippen LogP contribution in [0.5, 0.6) is 0 Å². The third-order valence-electron chi connectivity index (χ3n) is 1.84. The van der Waals surface area contributed by atoms with Gasteiger partial charge in [-0.25, -0.2) is 0 Å². The van der Waals surface area contributed by atoms with Crippen LogP contribution in [0.1, 0.15) is 11.3 Å². The van der Waals surface area contributed by atoms with E-state index >= 15 is 0 Å². The van der Waals surface area contributed by atoms with Crippen LogP contribution in [0.4, 0.5) is 0 Å². The third-order valence-corrected chi connectivity index (χ3v) is 2.14. The molecule has 0 fully saturated rings. The van der Waals surface area contributed by atoms with E-state index in [0.29, 0.717) is 0 Å². The Labute approximate surface area is 104 Å². The molecule has 0 aliphatic rings. The molecule has 0 radical (unpaired) electrons. The number of nitrogens with two attached hydrogens (primary N) is 1. The summed E-state index contributed by atoms with van der Waals surface area (Å²) in [6, 6.07) is 10.2. The Kier molecular flexibility index (Phi) is 5.39. The van der Waals surface area contributed by atoms with Crippen molar-refractivity contribution in [1.29, 1.82) is 0 Å². The molecule has 0 amide bonds. The molecular formula is C9H13N5O3S. The minimum absolute atomic E-state index is 0.845. The van der Waals surface area contributed by atoms with Gasteiger partial charge in [-0.05, 0) is 5.56 Å². The SMILES string of the molecule is NNS(=O)(=O)O.c1ccc(Cc2c[nH]nn2)cc1. The van der Waals surface area contributed by atoms with Crippen molar-refractivity contribution >= 4 is 10.3 Å². The lowest BCUT2D eigenvalue weighted by molar-refractivity contribution is 0.469. The lowest BCUT2D eigenvalue weighted by Gasteiger charge is -1.94. The predicted octanol–water partition coefficient (Wildman–Crippen LogP) is -0.352. The Morgan fingerprint density at radius 1 is 1.33 bits per heavy atom. The van der Waals surface area contributed by atoms with Crippen molar-refractivity contribution in [1.82, 2.24) is 20.2 Å². The molecule has 0 unspecified atom stereocenters. The second kappa shape index (κ2) is 6.81. The van der Waals surface area contributed by atoms with Gasteiger partial charge in [0, 0.05) is 12.6 Å². The van der Waals surface area contributed by atoms with Crippen molar-refractivity contribution in [3.63, 3.8) is 0 Å². The molecule has 0 saturated carbocycles. The molecule has 0 bridgehead atoms. The second-order valence-electron chi connectivity index (χ2n) is 3.22. The predicted molar refractivity (Wildman–Crippen MR) is 64.5 cm³/mol. The second-order valence-corrected chi connectivity index (χ2v) is 4.41. The molecule has 1 aromatic carbocycles. The first kappa shape index (κ1) is 14.3. The number of hydrogen-bond donors (Lipinski definition) is 4. The number of hydrazine groups is 1. The van der Waals surface area contributed by atoms with E-state index in [-0.39, 0.29) is 0 Å². The van der Waals surface area contributed by atoms with E-state index in [1.807, 2.05) is 24.4 Å². The van der Waals surface area contributed by atoms with Gasteiger partial charge in [0.05, 0.1) is 5.69 Å². The van der Waals surface area contributed by atoms with Crippen molar-refractivity contribution in [2.75, 3.05) is 0 Å². The van der Waals surface area contributed by atoms with E-state index in [1.54, 1.807) is 0 Å². The Hall–Kier alpha value is -1.81. The van der Waals surface area contributed by atoms with Crippen molar-refractivity contribution in [3.05, 3.63) is 47.8 Å². The molecule has 0 aliphatic heterocycles. The zero-order chi connectivity index (χ0) is 13.4. The standard InChI is InChI=1S/C9H9N3.H4N2O3S/c1-2-4-8(5-3-1)6-9-7-10-12-11-9;1-2-6(3,4)5/h1-5,7H,6H2,(H,10,11,12);2H,1H2,(H,3,4,5). The first-order chi connectivity index (χ1) is 8.51. The van der Waals surface area contributed by atoms with Crippen LogP contribution in [-0.4, -0.2) is 28.4 Å². The van der Waals surface area contributed by atoms with E-state index in [1.165, 1.54) is 5.56 Å². The highest BCUT2D eigenvalue weighted by molar-refractivity contribution is 7.83. The molecule has 5 N–H and O–H groups in total. The smallest absolute Gasteiger partial charge is 0.273 e. The van der Waals surface area contributed by atoms with Crippen LogP contribution >= 0.6 is 0 Å². The Morgan fingerprint density at radius 3 is 2.39 bits per heavy atom. The largest absolute Gasteiger partial charge is 0.346 e. The molecule has 9 heteroatoms. The monoisotopic (exact) mass is 271 g/mol. The van der Waals surface area contributed by atoms with E-state index < -0.39 is 10.3 Å². The molecule has 2 aromatic rings. The summed E-state index contributed by atoms with van der Waals surface area (Å²) in [6.45, 7) is 0. The maximum atomic E-state index is 9.32. The number of benzene rings is 1. The minimum atomic E-state index is -4.13. The Bertz CT molecular complexity index is 541. The Balaban J connectivity index is 0.000000232. The van der Waals surface area contributed by atoms with E-state index in [0.717, 1.165) is 16.9 Å². The first-order valence-electron chi connectivity index (χ1n) is 4.85. The molecule has 0 atom stereocenters. The molecule has 1 heterocycles. The van der Waals surface area contributed by atoms with Gasteiger partial charge >= 0.3 is 10.3 Å². The average Bonchev–Trinajstić information content (AvgIpc) is 2.83. The number of nitrogens with one attached hydrogen (secondary N) is 2. The minimum Gasteiger partial charge on any atom is -0.273 e. The maximum Gasteiger partial charge on any atom is 0.346 e. The molecular weight excluding hydrogens is 258 g/mol. The average molecular weight is 271 g/mol. The quantitative estimate of drug-likeness (QED) is 0.342. The summed E-state index contributed by atoms with van der Waals surface area (Å²) in [5.74, 6) is 4.22. The normalized spacial score (nSPS) is 10.6. The summed E-state index contributed by atoms with van der Waals surface area (Å²) >= 11 is 0.